The summed E-state index contributed by atoms with van der Waals surface area (Å²) in [5, 5.41) is 21.6. The highest BCUT2D eigenvalue weighted by molar-refractivity contribution is 6.04. The van der Waals surface area contributed by atoms with Gasteiger partial charge in [0.25, 0.3) is 0 Å². The third-order valence-corrected chi connectivity index (χ3v) is 10.7. The number of aromatic hydroxyl groups is 1. The molecule has 2 N–H and O–H groups in total. The van der Waals surface area contributed by atoms with Crippen LogP contribution in [-0.4, -0.2) is 88.3 Å². The Morgan fingerprint density at radius 2 is 1.80 bits per heavy atom. The number of hydrogen-bond acceptors (Lipinski definition) is 9. The number of anilines is 1. The highest BCUT2D eigenvalue weighted by atomic mass is 19.4. The molecule has 2 aromatic heterocycles. The number of likely N-dealkylation sites (tertiary alicyclic amines) is 1. The van der Waals surface area contributed by atoms with Gasteiger partial charge < -0.3 is 29.5 Å². The number of alkyl halides is 3. The molecule has 4 aromatic rings. The molecule has 0 radical (unpaired) electrons. The summed E-state index contributed by atoms with van der Waals surface area (Å²) in [6.07, 6.45) is 4.92. The van der Waals surface area contributed by atoms with E-state index in [4.69, 9.17) is 15.9 Å². The molecule has 50 heavy (non-hydrogen) atoms. The standard InChI is InChI=1S/C36H36F5N5O4/c1-4-22-24(37)10-9-20-16-21(47)17-23(26(20)22)29-28(38)30-27(32(42-29)49-3)31(46-15-7-13-35(48,18-46)36(39,40)41)44-33(43-30)50-19-34-11-5-8-25(34)45(2)14-6-12-34/h1,9-10,16-17,25,47-48H,5-8,11-15,18-19H2,2-3H3. The Morgan fingerprint density at radius 1 is 1.04 bits per heavy atom. The molecule has 7 rings (SSSR count). The van der Waals surface area contributed by atoms with E-state index < -0.39 is 42.1 Å². The fourth-order valence-corrected chi connectivity index (χ4v) is 8.31. The molecule has 0 spiro atoms. The van der Waals surface area contributed by atoms with Crippen LogP contribution >= 0.6 is 0 Å². The number of phenolic OH excluding ortho intramolecular Hbond substituents is 1. The first-order chi connectivity index (χ1) is 23.8. The van der Waals surface area contributed by atoms with Gasteiger partial charge in [-0.15, -0.1) is 6.42 Å². The van der Waals surface area contributed by atoms with Gasteiger partial charge in [0.1, 0.15) is 34.0 Å². The minimum atomic E-state index is -4.95. The number of halogens is 5. The molecule has 0 bridgehead atoms. The Labute approximate surface area is 285 Å². The minimum absolute atomic E-state index is 0.0408. The number of phenols is 1. The van der Waals surface area contributed by atoms with Gasteiger partial charge in [0, 0.05) is 29.0 Å². The van der Waals surface area contributed by atoms with Gasteiger partial charge in [-0.25, -0.2) is 13.8 Å². The molecule has 0 amide bonds. The SMILES string of the molecule is C#Cc1c(F)ccc2cc(O)cc(-c3nc(OC)c4c(N5CCCC(O)(C(F)(F)F)C5)nc(OCC56CCCC5N(C)CCC6)nc4c3F)c12. The third-order valence-electron chi connectivity index (χ3n) is 10.7. The number of aromatic nitrogens is 3. The number of piperidine rings is 2. The van der Waals surface area contributed by atoms with Crippen molar-refractivity contribution in [2.24, 2.45) is 5.41 Å². The van der Waals surface area contributed by atoms with Crippen LogP contribution in [0.3, 0.4) is 0 Å². The molecule has 3 fully saturated rings. The van der Waals surface area contributed by atoms with E-state index in [1.807, 2.05) is 0 Å². The van der Waals surface area contributed by atoms with Crippen molar-refractivity contribution in [2.45, 2.75) is 62.8 Å². The number of fused-ring (bicyclic) bond motifs is 3. The normalized spacial score (nSPS) is 24.4. The van der Waals surface area contributed by atoms with Crippen molar-refractivity contribution in [2.75, 3.05) is 45.3 Å². The summed E-state index contributed by atoms with van der Waals surface area (Å²) in [5.74, 6) is -0.192. The van der Waals surface area contributed by atoms with E-state index >= 15 is 4.39 Å². The van der Waals surface area contributed by atoms with Crippen LogP contribution < -0.4 is 14.4 Å². The molecule has 2 aliphatic heterocycles. The predicted octanol–water partition coefficient (Wildman–Crippen LogP) is 6.36. The van der Waals surface area contributed by atoms with E-state index in [0.717, 1.165) is 44.7 Å². The quantitative estimate of drug-likeness (QED) is 0.176. The maximum atomic E-state index is 17.0. The summed E-state index contributed by atoms with van der Waals surface area (Å²) in [5.41, 5.74) is -4.29. The van der Waals surface area contributed by atoms with Crippen molar-refractivity contribution < 1.29 is 41.6 Å². The molecule has 3 aliphatic rings. The number of benzene rings is 2. The van der Waals surface area contributed by atoms with Gasteiger partial charge in [0.2, 0.25) is 5.88 Å². The van der Waals surface area contributed by atoms with Crippen LogP contribution in [-0.2, 0) is 0 Å². The third kappa shape index (κ3) is 5.51. The number of aliphatic hydroxyl groups is 1. The number of pyridine rings is 1. The number of β-amino-alcohol motifs (C(OH)–C–C–N with tert-alkyl or cyclic N) is 1. The van der Waals surface area contributed by atoms with Crippen molar-refractivity contribution in [3.63, 3.8) is 0 Å². The molecule has 14 heteroatoms. The minimum Gasteiger partial charge on any atom is -0.508 e. The second kappa shape index (κ2) is 12.4. The van der Waals surface area contributed by atoms with E-state index in [1.54, 1.807) is 0 Å². The summed E-state index contributed by atoms with van der Waals surface area (Å²) in [4.78, 5) is 16.9. The van der Waals surface area contributed by atoms with Crippen LogP contribution in [0.25, 0.3) is 32.9 Å². The lowest BCUT2D eigenvalue weighted by Crippen LogP contribution is -2.57. The Hall–Kier alpha value is -4.48. The van der Waals surface area contributed by atoms with Crippen LogP contribution in [0, 0.1) is 29.4 Å². The van der Waals surface area contributed by atoms with Crippen molar-refractivity contribution in [1.29, 1.82) is 0 Å². The van der Waals surface area contributed by atoms with Crippen LogP contribution in [0.15, 0.2) is 24.3 Å². The van der Waals surface area contributed by atoms with Crippen LogP contribution in [0.4, 0.5) is 27.8 Å². The molecule has 9 nitrogen and oxygen atoms in total. The second-order valence-electron chi connectivity index (χ2n) is 13.7. The van der Waals surface area contributed by atoms with Crippen LogP contribution in [0.2, 0.25) is 0 Å². The van der Waals surface area contributed by atoms with Crippen molar-refractivity contribution >= 4 is 27.5 Å². The summed E-state index contributed by atoms with van der Waals surface area (Å²) in [6, 6.07) is 5.04. The number of nitrogens with zero attached hydrogens (tertiary/aromatic N) is 5. The van der Waals surface area contributed by atoms with Gasteiger partial charge in [-0.1, -0.05) is 18.4 Å². The van der Waals surface area contributed by atoms with E-state index in [1.165, 1.54) is 30.2 Å². The zero-order valence-corrected chi connectivity index (χ0v) is 27.6. The average Bonchev–Trinajstić information content (AvgIpc) is 3.52. The lowest BCUT2D eigenvalue weighted by Gasteiger charge is -2.44. The smallest absolute Gasteiger partial charge is 0.418 e. The summed E-state index contributed by atoms with van der Waals surface area (Å²) >= 11 is 0. The first-order valence-electron chi connectivity index (χ1n) is 16.5. The summed E-state index contributed by atoms with van der Waals surface area (Å²) in [7, 11) is 3.32. The highest BCUT2D eigenvalue weighted by Gasteiger charge is 2.56. The molecule has 3 atom stereocenters. The Bertz CT molecular complexity index is 2040. The average molecular weight is 698 g/mol. The van der Waals surface area contributed by atoms with Crippen molar-refractivity contribution in [1.82, 2.24) is 19.9 Å². The van der Waals surface area contributed by atoms with Gasteiger partial charge in [-0.3, -0.25) is 0 Å². The summed E-state index contributed by atoms with van der Waals surface area (Å²) in [6.45, 7) is 0.330. The lowest BCUT2D eigenvalue weighted by atomic mass is 9.76. The monoisotopic (exact) mass is 697 g/mol. The van der Waals surface area contributed by atoms with E-state index in [-0.39, 0.29) is 81.9 Å². The molecular weight excluding hydrogens is 661 g/mol. The summed E-state index contributed by atoms with van der Waals surface area (Å²) < 4.78 is 86.1. The molecule has 264 valence electrons. The largest absolute Gasteiger partial charge is 0.508 e. The Morgan fingerprint density at radius 3 is 2.54 bits per heavy atom. The first-order valence-corrected chi connectivity index (χ1v) is 16.5. The number of hydrogen-bond donors (Lipinski definition) is 2. The van der Waals surface area contributed by atoms with E-state index in [0.29, 0.717) is 5.39 Å². The predicted molar refractivity (Wildman–Crippen MR) is 176 cm³/mol. The molecular formula is C36H36F5N5O4. The number of rotatable bonds is 6. The number of terminal acetylenes is 1. The molecule has 1 saturated carbocycles. The Kier molecular flexibility index (Phi) is 8.42. The molecule has 1 aliphatic carbocycles. The molecule has 2 aromatic carbocycles. The van der Waals surface area contributed by atoms with Crippen molar-refractivity contribution in [3.05, 3.63) is 41.5 Å². The fourth-order valence-electron chi connectivity index (χ4n) is 8.31. The Balaban J connectivity index is 1.44. The molecule has 4 heterocycles. The zero-order valence-electron chi connectivity index (χ0n) is 27.6. The lowest BCUT2D eigenvalue weighted by molar-refractivity contribution is -0.261. The highest BCUT2D eigenvalue weighted by Crippen LogP contribution is 2.48. The van der Waals surface area contributed by atoms with Gasteiger partial charge in [0.05, 0.1) is 25.8 Å². The first kappa shape index (κ1) is 34.0. The number of ether oxygens (including phenoxy) is 2. The van der Waals surface area contributed by atoms with Gasteiger partial charge in [-0.2, -0.15) is 23.1 Å². The van der Waals surface area contributed by atoms with E-state index in [2.05, 4.69) is 32.8 Å². The van der Waals surface area contributed by atoms with Crippen molar-refractivity contribution in [3.8, 4) is 41.2 Å². The molecule has 2 saturated heterocycles. The van der Waals surface area contributed by atoms with Crippen LogP contribution in [0.1, 0.15) is 50.5 Å². The van der Waals surface area contributed by atoms with Gasteiger partial charge in [-0.05, 0) is 75.7 Å². The fraction of sp³-hybridized carbons (Fsp3) is 0.472. The van der Waals surface area contributed by atoms with Gasteiger partial charge >= 0.3 is 12.2 Å². The van der Waals surface area contributed by atoms with Gasteiger partial charge in [0.15, 0.2) is 11.4 Å². The molecule has 3 unspecified atom stereocenters. The zero-order chi connectivity index (χ0) is 35.6. The maximum Gasteiger partial charge on any atom is 0.418 e. The van der Waals surface area contributed by atoms with Crippen LogP contribution in [0.5, 0.6) is 17.6 Å². The topological polar surface area (TPSA) is 104 Å². The second-order valence-corrected chi connectivity index (χ2v) is 13.7. The number of methoxy groups -OCH3 is 1. The van der Waals surface area contributed by atoms with E-state index in [9.17, 15) is 27.8 Å². The maximum absolute atomic E-state index is 17.0.